The first-order chi connectivity index (χ1) is 16.0. The van der Waals surface area contributed by atoms with Gasteiger partial charge in [-0.3, -0.25) is 19.1 Å². The van der Waals surface area contributed by atoms with Gasteiger partial charge in [-0.1, -0.05) is 12.1 Å². The average molecular weight is 511 g/mol. The van der Waals surface area contributed by atoms with E-state index in [2.05, 4.69) is 5.10 Å². The fraction of sp³-hybridized carbons (Fsp3) is 0.429. The van der Waals surface area contributed by atoms with E-state index in [-0.39, 0.29) is 21.9 Å². The minimum atomic E-state index is -6.42. The number of hydrogen-bond donors (Lipinski definition) is 0. The summed E-state index contributed by atoms with van der Waals surface area (Å²) >= 11 is 0. The molecule has 6 nitrogen and oxygen atoms in total. The highest BCUT2D eigenvalue weighted by Gasteiger charge is 2.64. The fourth-order valence-corrected chi connectivity index (χ4v) is 3.45. The molecule has 0 atom stereocenters. The molecule has 0 radical (unpaired) electrons. The zero-order valence-electron chi connectivity index (χ0n) is 18.1. The Hall–Kier alpha value is -3.32. The highest BCUT2D eigenvalue weighted by atomic mass is 19.4. The van der Waals surface area contributed by atoms with Crippen LogP contribution in [0.4, 0.5) is 35.1 Å². The van der Waals surface area contributed by atoms with Gasteiger partial charge in [-0.2, -0.15) is 40.2 Å². The number of aryl methyl sites for hydroxylation is 1. The summed E-state index contributed by atoms with van der Waals surface area (Å²) in [5, 5.41) is 2.64. The highest BCUT2D eigenvalue weighted by Crippen LogP contribution is 2.48. The van der Waals surface area contributed by atoms with E-state index >= 15 is 0 Å². The molecule has 0 N–H and O–H groups in total. The Labute approximate surface area is 192 Å². The summed E-state index contributed by atoms with van der Waals surface area (Å²) in [5.74, 6) is -9.19. The molecule has 14 heteroatoms. The maximum atomic E-state index is 13.8. The molecule has 3 rings (SSSR count). The van der Waals surface area contributed by atoms with Gasteiger partial charge in [0.25, 0.3) is 5.91 Å². The van der Waals surface area contributed by atoms with Crippen molar-refractivity contribution < 1.29 is 49.5 Å². The van der Waals surface area contributed by atoms with Crippen LogP contribution in [0.2, 0.25) is 0 Å². The van der Waals surface area contributed by atoms with Crippen LogP contribution in [-0.4, -0.2) is 51.4 Å². The molecule has 1 amide bonds. The van der Waals surface area contributed by atoms with Crippen molar-refractivity contribution in [2.45, 2.75) is 43.6 Å². The molecule has 0 spiro atoms. The van der Waals surface area contributed by atoms with Crippen molar-refractivity contribution in [3.63, 3.8) is 0 Å². The standard InChI is InChI=1S/C21H17F8N3O3/c1-31(12-6-7-12)18(35)11-5-3-4-10(8-11)13(33)9-14(34)16-15(20(24,25)26)17(30-32(16)2)19(22,23)21(27,28)29/h3-5,8,12H,6-7,9H2,1-2H3. The lowest BCUT2D eigenvalue weighted by atomic mass is 9.98. The maximum absolute atomic E-state index is 13.8. The lowest BCUT2D eigenvalue weighted by Gasteiger charge is -2.19. The molecule has 1 heterocycles. The minimum Gasteiger partial charge on any atom is -0.339 e. The summed E-state index contributed by atoms with van der Waals surface area (Å²) in [6.07, 6.45) is -11.9. The van der Waals surface area contributed by atoms with E-state index < -0.39 is 59.1 Å². The number of amides is 1. The molecular weight excluding hydrogens is 494 g/mol. The smallest absolute Gasteiger partial charge is 0.339 e. The van der Waals surface area contributed by atoms with Crippen molar-refractivity contribution in [1.82, 2.24) is 14.7 Å². The van der Waals surface area contributed by atoms with Crippen molar-refractivity contribution >= 4 is 17.5 Å². The van der Waals surface area contributed by atoms with Gasteiger partial charge in [0.15, 0.2) is 17.3 Å². The molecule has 1 aromatic heterocycles. The van der Waals surface area contributed by atoms with Crippen molar-refractivity contribution in [3.8, 4) is 0 Å². The van der Waals surface area contributed by atoms with Gasteiger partial charge in [-0.25, -0.2) is 0 Å². The summed E-state index contributed by atoms with van der Waals surface area (Å²) < 4.78 is 106. The number of Topliss-reactive ketones (excluding diaryl/α,β-unsaturated/α-hetero) is 2. The van der Waals surface area contributed by atoms with Gasteiger partial charge < -0.3 is 4.90 Å². The van der Waals surface area contributed by atoms with Gasteiger partial charge in [0.1, 0.15) is 11.3 Å². The molecule has 2 aromatic rings. The summed E-state index contributed by atoms with van der Waals surface area (Å²) in [6, 6.07) is 5.03. The summed E-state index contributed by atoms with van der Waals surface area (Å²) in [4.78, 5) is 39.0. The Morgan fingerprint density at radius 3 is 2.09 bits per heavy atom. The largest absolute Gasteiger partial charge is 0.459 e. The normalized spacial score (nSPS) is 14.7. The van der Waals surface area contributed by atoms with Gasteiger partial charge in [-0.15, -0.1) is 0 Å². The Kier molecular flexibility index (Phi) is 6.55. The molecule has 1 saturated carbocycles. The van der Waals surface area contributed by atoms with Gasteiger partial charge in [-0.05, 0) is 25.0 Å². The van der Waals surface area contributed by atoms with Crippen molar-refractivity contribution in [1.29, 1.82) is 0 Å². The molecule has 1 fully saturated rings. The Morgan fingerprint density at radius 2 is 1.57 bits per heavy atom. The zero-order chi connectivity index (χ0) is 26.5. The number of rotatable bonds is 7. The third-order valence-electron chi connectivity index (χ3n) is 5.42. The lowest BCUT2D eigenvalue weighted by Crippen LogP contribution is -2.36. The number of halogens is 8. The van der Waals surface area contributed by atoms with Crippen LogP contribution >= 0.6 is 0 Å². The molecule has 0 aliphatic heterocycles. The summed E-state index contributed by atoms with van der Waals surface area (Å²) in [6.45, 7) is 0. The summed E-state index contributed by atoms with van der Waals surface area (Å²) in [5.41, 5.74) is -7.04. The molecule has 0 unspecified atom stereocenters. The van der Waals surface area contributed by atoms with Crippen LogP contribution in [0, 0.1) is 0 Å². The number of carbonyl (C=O) groups is 3. The summed E-state index contributed by atoms with van der Waals surface area (Å²) in [7, 11) is 2.13. The van der Waals surface area contributed by atoms with Gasteiger partial charge in [0.05, 0.1) is 6.42 Å². The number of aromatic nitrogens is 2. The predicted molar refractivity (Wildman–Crippen MR) is 103 cm³/mol. The molecular formula is C21H17F8N3O3. The number of ketones is 2. The second kappa shape index (κ2) is 8.72. The third kappa shape index (κ3) is 5.05. The van der Waals surface area contributed by atoms with Crippen LogP contribution in [0.25, 0.3) is 0 Å². The molecule has 35 heavy (non-hydrogen) atoms. The Morgan fingerprint density at radius 1 is 1.00 bits per heavy atom. The second-order valence-corrected chi connectivity index (χ2v) is 8.02. The third-order valence-corrected chi connectivity index (χ3v) is 5.42. The number of alkyl halides is 8. The number of nitrogens with zero attached hydrogens (tertiary/aromatic N) is 3. The molecule has 1 aromatic carbocycles. The first-order valence-electron chi connectivity index (χ1n) is 9.99. The van der Waals surface area contributed by atoms with Crippen molar-refractivity contribution in [3.05, 3.63) is 52.3 Å². The van der Waals surface area contributed by atoms with Crippen molar-refractivity contribution in [2.24, 2.45) is 7.05 Å². The van der Waals surface area contributed by atoms with Crippen LogP contribution in [0.3, 0.4) is 0 Å². The van der Waals surface area contributed by atoms with E-state index in [0.29, 0.717) is 7.05 Å². The van der Waals surface area contributed by atoms with E-state index in [1.807, 2.05) is 0 Å². The number of benzene rings is 1. The van der Waals surface area contributed by atoms with Crippen LogP contribution in [-0.2, 0) is 19.1 Å². The maximum Gasteiger partial charge on any atom is 0.459 e. The van der Waals surface area contributed by atoms with Crippen LogP contribution in [0.15, 0.2) is 24.3 Å². The van der Waals surface area contributed by atoms with Gasteiger partial charge >= 0.3 is 18.3 Å². The molecule has 190 valence electrons. The van der Waals surface area contributed by atoms with E-state index in [1.54, 1.807) is 7.05 Å². The number of carbonyl (C=O) groups excluding carboxylic acids is 3. The Bertz CT molecular complexity index is 1180. The van der Waals surface area contributed by atoms with Crippen LogP contribution in [0.5, 0.6) is 0 Å². The monoisotopic (exact) mass is 511 g/mol. The SMILES string of the molecule is CN(C(=O)c1cccc(C(=O)CC(=O)c2c(C(F)(F)F)c(C(F)(F)C(F)(F)F)nn2C)c1)C1CC1. The van der Waals surface area contributed by atoms with E-state index in [9.17, 15) is 49.5 Å². The number of hydrogen-bond acceptors (Lipinski definition) is 4. The minimum absolute atomic E-state index is 0.0399. The quantitative estimate of drug-likeness (QED) is 0.305. The lowest BCUT2D eigenvalue weighted by molar-refractivity contribution is -0.292. The second-order valence-electron chi connectivity index (χ2n) is 8.02. The Balaban J connectivity index is 1.94. The fourth-order valence-electron chi connectivity index (χ4n) is 3.45. The zero-order valence-corrected chi connectivity index (χ0v) is 18.1. The molecule has 1 aliphatic rings. The van der Waals surface area contributed by atoms with Gasteiger partial charge in [0, 0.05) is 31.3 Å². The first-order valence-corrected chi connectivity index (χ1v) is 9.99. The molecule has 0 bridgehead atoms. The average Bonchev–Trinajstić information content (AvgIpc) is 3.52. The first kappa shape index (κ1) is 26.3. The molecule has 1 aliphatic carbocycles. The topological polar surface area (TPSA) is 72.3 Å². The predicted octanol–water partition coefficient (Wildman–Crippen LogP) is 4.78. The highest BCUT2D eigenvalue weighted by molar-refractivity contribution is 6.14. The van der Waals surface area contributed by atoms with Gasteiger partial charge in [0.2, 0.25) is 0 Å². The van der Waals surface area contributed by atoms with Crippen LogP contribution < -0.4 is 0 Å². The molecule has 0 saturated heterocycles. The van der Waals surface area contributed by atoms with E-state index in [0.717, 1.165) is 18.9 Å². The van der Waals surface area contributed by atoms with Crippen LogP contribution in [0.1, 0.15) is 61.7 Å². The van der Waals surface area contributed by atoms with E-state index in [4.69, 9.17) is 0 Å². The van der Waals surface area contributed by atoms with E-state index in [1.165, 1.54) is 23.1 Å². The van der Waals surface area contributed by atoms with Crippen molar-refractivity contribution in [2.75, 3.05) is 7.05 Å².